The van der Waals surface area contributed by atoms with Gasteiger partial charge in [0.15, 0.2) is 11.5 Å². The molecule has 8 nitrogen and oxygen atoms in total. The Hall–Kier alpha value is -3.27. The molecule has 0 fully saturated rings. The molecule has 3 rings (SSSR count). The quantitative estimate of drug-likeness (QED) is 0.351. The van der Waals surface area contributed by atoms with Crippen LogP contribution in [0.25, 0.3) is 0 Å². The number of hydrogen-bond donors (Lipinski definition) is 0. The Balaban J connectivity index is 1.87. The summed E-state index contributed by atoms with van der Waals surface area (Å²) in [6.45, 7) is 1.75. The van der Waals surface area contributed by atoms with Gasteiger partial charge in [-0.2, -0.15) is 4.31 Å². The van der Waals surface area contributed by atoms with Gasteiger partial charge >= 0.3 is 0 Å². The van der Waals surface area contributed by atoms with Crippen molar-refractivity contribution in [1.29, 1.82) is 0 Å². The fraction of sp³-hybridized carbons (Fsp3) is 0.296. The van der Waals surface area contributed by atoms with Crippen LogP contribution in [0.3, 0.4) is 0 Å². The molecule has 0 aliphatic carbocycles. The highest BCUT2D eigenvalue weighted by molar-refractivity contribution is 7.89. The van der Waals surface area contributed by atoms with Crippen LogP contribution >= 0.6 is 11.6 Å². The first kappa shape index (κ1) is 28.3. The molecule has 37 heavy (non-hydrogen) atoms. The number of halogens is 1. The highest BCUT2D eigenvalue weighted by Gasteiger charge is 2.28. The summed E-state index contributed by atoms with van der Waals surface area (Å²) in [6.07, 6.45) is 0. The van der Waals surface area contributed by atoms with Gasteiger partial charge in [-0.15, -0.1) is 0 Å². The Morgan fingerprint density at radius 2 is 1.41 bits per heavy atom. The molecule has 0 heterocycles. The molecule has 0 unspecified atom stereocenters. The largest absolute Gasteiger partial charge is 0.493 e. The van der Waals surface area contributed by atoms with Crippen LogP contribution in [0.1, 0.15) is 16.7 Å². The number of carbonyl (C=O) groups excluding carboxylic acids is 1. The van der Waals surface area contributed by atoms with Crippen LogP contribution in [-0.2, 0) is 27.9 Å². The van der Waals surface area contributed by atoms with E-state index in [1.54, 1.807) is 67.7 Å². The number of likely N-dealkylation sites (N-methyl/N-ethyl adjacent to an activating group) is 1. The van der Waals surface area contributed by atoms with Crippen molar-refractivity contribution in [2.45, 2.75) is 24.9 Å². The number of aryl methyl sites for hydroxylation is 1. The number of methoxy groups -OCH3 is 3. The standard InChI is InChI=1S/C27H31ClN2O6S/c1-19-6-12-23(13-7-19)37(32,33)30(17-20-8-10-22(28)11-9-20)18-26(31)29(2)16-21-14-24(34-3)27(36-5)25(15-21)35-4/h6-15H,16-18H2,1-5H3. The van der Waals surface area contributed by atoms with Crippen molar-refractivity contribution in [3.63, 3.8) is 0 Å². The van der Waals surface area contributed by atoms with Gasteiger partial charge in [0, 0.05) is 25.2 Å². The molecular formula is C27H31ClN2O6S. The first-order chi connectivity index (χ1) is 17.6. The number of sulfonamides is 1. The summed E-state index contributed by atoms with van der Waals surface area (Å²) in [6, 6.07) is 16.9. The predicted molar refractivity (Wildman–Crippen MR) is 143 cm³/mol. The highest BCUT2D eigenvalue weighted by atomic mass is 35.5. The fourth-order valence-corrected chi connectivity index (χ4v) is 5.24. The molecule has 0 aliphatic heterocycles. The van der Waals surface area contributed by atoms with Gasteiger partial charge in [-0.3, -0.25) is 4.79 Å². The van der Waals surface area contributed by atoms with Gasteiger partial charge < -0.3 is 19.1 Å². The average Bonchev–Trinajstić information content (AvgIpc) is 2.88. The Bertz CT molecular complexity index is 1300. The molecule has 0 N–H and O–H groups in total. The van der Waals surface area contributed by atoms with E-state index in [-0.39, 0.29) is 30.4 Å². The van der Waals surface area contributed by atoms with Crippen molar-refractivity contribution in [2.24, 2.45) is 0 Å². The Morgan fingerprint density at radius 3 is 1.92 bits per heavy atom. The van der Waals surface area contributed by atoms with Crippen LogP contribution in [0, 0.1) is 6.92 Å². The number of rotatable bonds is 11. The molecule has 0 atom stereocenters. The van der Waals surface area contributed by atoms with Crippen molar-refractivity contribution in [1.82, 2.24) is 9.21 Å². The van der Waals surface area contributed by atoms with Gasteiger partial charge in [-0.25, -0.2) is 8.42 Å². The van der Waals surface area contributed by atoms with Crippen LogP contribution < -0.4 is 14.2 Å². The molecule has 1 amide bonds. The maximum Gasteiger partial charge on any atom is 0.243 e. The molecule has 198 valence electrons. The summed E-state index contributed by atoms with van der Waals surface area (Å²) in [4.78, 5) is 14.9. The van der Waals surface area contributed by atoms with E-state index in [0.717, 1.165) is 11.1 Å². The van der Waals surface area contributed by atoms with Gasteiger partial charge in [-0.05, 0) is 54.4 Å². The minimum Gasteiger partial charge on any atom is -0.493 e. The summed E-state index contributed by atoms with van der Waals surface area (Å²) < 4.78 is 44.4. The fourth-order valence-electron chi connectivity index (χ4n) is 3.74. The summed E-state index contributed by atoms with van der Waals surface area (Å²) in [5, 5.41) is 0.540. The topological polar surface area (TPSA) is 85.4 Å². The van der Waals surface area contributed by atoms with Crippen molar-refractivity contribution in [2.75, 3.05) is 34.9 Å². The Kier molecular flexibility index (Phi) is 9.42. The molecule has 0 radical (unpaired) electrons. The van der Waals surface area contributed by atoms with Crippen LogP contribution in [0.4, 0.5) is 0 Å². The predicted octanol–water partition coefficient (Wildman–Crippen LogP) is 4.52. The van der Waals surface area contributed by atoms with Gasteiger partial charge in [0.2, 0.25) is 21.7 Å². The van der Waals surface area contributed by atoms with Crippen LogP contribution in [0.15, 0.2) is 65.6 Å². The minimum atomic E-state index is -3.96. The lowest BCUT2D eigenvalue weighted by atomic mass is 10.1. The van der Waals surface area contributed by atoms with Crippen molar-refractivity contribution in [3.8, 4) is 17.2 Å². The lowest BCUT2D eigenvalue weighted by Gasteiger charge is -2.25. The zero-order valence-corrected chi connectivity index (χ0v) is 23.1. The second-order valence-electron chi connectivity index (χ2n) is 8.50. The van der Waals surface area contributed by atoms with E-state index in [9.17, 15) is 13.2 Å². The van der Waals surface area contributed by atoms with E-state index < -0.39 is 10.0 Å². The molecule has 3 aromatic carbocycles. The highest BCUT2D eigenvalue weighted by Crippen LogP contribution is 2.38. The molecule has 0 aliphatic rings. The molecule has 0 spiro atoms. The number of hydrogen-bond acceptors (Lipinski definition) is 6. The number of amides is 1. The van der Waals surface area contributed by atoms with Crippen LogP contribution in [-0.4, -0.2) is 58.5 Å². The first-order valence-corrected chi connectivity index (χ1v) is 13.2. The van der Waals surface area contributed by atoms with E-state index in [1.165, 1.54) is 30.5 Å². The van der Waals surface area contributed by atoms with Crippen molar-refractivity contribution in [3.05, 3.63) is 82.4 Å². The van der Waals surface area contributed by atoms with Crippen LogP contribution in [0.2, 0.25) is 5.02 Å². The normalized spacial score (nSPS) is 11.3. The average molecular weight is 547 g/mol. The summed E-state index contributed by atoms with van der Waals surface area (Å²) in [7, 11) is 2.20. The number of ether oxygens (including phenoxy) is 3. The van der Waals surface area contributed by atoms with E-state index in [0.29, 0.717) is 27.8 Å². The molecular weight excluding hydrogens is 516 g/mol. The summed E-state index contributed by atoms with van der Waals surface area (Å²) in [5.74, 6) is 0.993. The maximum atomic E-state index is 13.6. The van der Waals surface area contributed by atoms with Crippen molar-refractivity contribution < 1.29 is 27.4 Å². The molecule has 0 saturated heterocycles. The minimum absolute atomic E-state index is 0.0111. The number of nitrogens with zero attached hydrogens (tertiary/aromatic N) is 2. The third-order valence-electron chi connectivity index (χ3n) is 5.81. The lowest BCUT2D eigenvalue weighted by molar-refractivity contribution is -0.130. The number of benzene rings is 3. The SMILES string of the molecule is COc1cc(CN(C)C(=O)CN(Cc2ccc(Cl)cc2)S(=O)(=O)c2ccc(C)cc2)cc(OC)c1OC. The zero-order chi connectivity index (χ0) is 27.2. The third kappa shape index (κ3) is 6.94. The van der Waals surface area contributed by atoms with Gasteiger partial charge in [0.25, 0.3) is 0 Å². The van der Waals surface area contributed by atoms with Gasteiger partial charge in [-0.1, -0.05) is 41.4 Å². The Morgan fingerprint density at radius 1 is 0.838 bits per heavy atom. The first-order valence-electron chi connectivity index (χ1n) is 11.4. The van der Waals surface area contributed by atoms with E-state index in [4.69, 9.17) is 25.8 Å². The van der Waals surface area contributed by atoms with Gasteiger partial charge in [0.1, 0.15) is 0 Å². The van der Waals surface area contributed by atoms with Crippen molar-refractivity contribution >= 4 is 27.5 Å². The summed E-state index contributed by atoms with van der Waals surface area (Å²) in [5.41, 5.74) is 2.38. The van der Waals surface area contributed by atoms with E-state index in [1.807, 2.05) is 6.92 Å². The molecule has 0 aromatic heterocycles. The Labute approximate surface area is 223 Å². The second-order valence-corrected chi connectivity index (χ2v) is 10.9. The lowest BCUT2D eigenvalue weighted by Crippen LogP contribution is -2.40. The monoisotopic (exact) mass is 546 g/mol. The van der Waals surface area contributed by atoms with E-state index >= 15 is 0 Å². The zero-order valence-electron chi connectivity index (χ0n) is 21.5. The molecule has 0 saturated carbocycles. The maximum absolute atomic E-state index is 13.6. The van der Waals surface area contributed by atoms with Gasteiger partial charge in [0.05, 0.1) is 32.8 Å². The van der Waals surface area contributed by atoms with E-state index in [2.05, 4.69) is 0 Å². The third-order valence-corrected chi connectivity index (χ3v) is 7.87. The molecule has 3 aromatic rings. The smallest absolute Gasteiger partial charge is 0.243 e. The summed E-state index contributed by atoms with van der Waals surface area (Å²) >= 11 is 6.00. The molecule has 10 heteroatoms. The number of carbonyl (C=O) groups is 1. The molecule has 0 bridgehead atoms. The van der Waals surface area contributed by atoms with Crippen LogP contribution in [0.5, 0.6) is 17.2 Å². The second kappa shape index (κ2) is 12.3.